The molecule has 94 valence electrons. The summed E-state index contributed by atoms with van der Waals surface area (Å²) in [6, 6.07) is 0.691. The molecule has 1 aliphatic carbocycles. The Labute approximate surface area is 104 Å². The lowest BCUT2D eigenvalue weighted by atomic mass is 9.93. The maximum absolute atomic E-state index is 9.83. The van der Waals surface area contributed by atoms with E-state index in [1.54, 1.807) is 11.8 Å². The van der Waals surface area contributed by atoms with Crippen LogP contribution in [0.25, 0.3) is 0 Å². The van der Waals surface area contributed by atoms with Crippen LogP contribution in [0.3, 0.4) is 0 Å². The molecule has 1 atom stereocenters. The standard InChI is InChI=1S/C13H25NOS/c1-10(2)14-7-5-13(6-8-14)9-11(13)16-12(3,4)15/h10-11,15H,5-9H2,1-4H3. The first-order valence-electron chi connectivity index (χ1n) is 6.47. The topological polar surface area (TPSA) is 23.5 Å². The fourth-order valence-electron chi connectivity index (χ4n) is 2.84. The number of rotatable bonds is 3. The summed E-state index contributed by atoms with van der Waals surface area (Å²) >= 11 is 1.77. The molecule has 1 saturated carbocycles. The van der Waals surface area contributed by atoms with Crippen molar-refractivity contribution < 1.29 is 5.11 Å². The Morgan fingerprint density at radius 1 is 1.31 bits per heavy atom. The molecule has 2 fully saturated rings. The van der Waals surface area contributed by atoms with Crippen LogP contribution in [0.1, 0.15) is 47.0 Å². The number of nitrogens with zero attached hydrogens (tertiary/aromatic N) is 1. The van der Waals surface area contributed by atoms with Gasteiger partial charge in [-0.05, 0) is 65.5 Å². The molecule has 1 saturated heterocycles. The van der Waals surface area contributed by atoms with Gasteiger partial charge in [-0.3, -0.25) is 0 Å². The molecule has 2 rings (SSSR count). The number of piperidine rings is 1. The predicted molar refractivity (Wildman–Crippen MR) is 70.7 cm³/mol. The summed E-state index contributed by atoms with van der Waals surface area (Å²) in [5.74, 6) is 0. The monoisotopic (exact) mass is 243 g/mol. The van der Waals surface area contributed by atoms with Gasteiger partial charge in [-0.15, -0.1) is 11.8 Å². The van der Waals surface area contributed by atoms with Gasteiger partial charge in [0.05, 0.1) is 0 Å². The van der Waals surface area contributed by atoms with Gasteiger partial charge in [-0.25, -0.2) is 0 Å². The van der Waals surface area contributed by atoms with E-state index in [-0.39, 0.29) is 0 Å². The molecular formula is C13H25NOS. The van der Waals surface area contributed by atoms with Gasteiger partial charge in [0.2, 0.25) is 0 Å². The lowest BCUT2D eigenvalue weighted by Crippen LogP contribution is -2.39. The fourth-order valence-corrected chi connectivity index (χ4v) is 4.43. The molecule has 0 radical (unpaired) electrons. The molecule has 0 aromatic heterocycles. The van der Waals surface area contributed by atoms with E-state index in [0.717, 1.165) is 0 Å². The van der Waals surface area contributed by atoms with Gasteiger partial charge in [0.15, 0.2) is 0 Å². The van der Waals surface area contributed by atoms with Gasteiger partial charge in [0, 0.05) is 11.3 Å². The fraction of sp³-hybridized carbons (Fsp3) is 1.00. The molecule has 0 aromatic carbocycles. The van der Waals surface area contributed by atoms with Crippen LogP contribution in [0.15, 0.2) is 0 Å². The summed E-state index contributed by atoms with van der Waals surface area (Å²) in [7, 11) is 0. The van der Waals surface area contributed by atoms with E-state index in [1.165, 1.54) is 32.4 Å². The largest absolute Gasteiger partial charge is 0.380 e. The lowest BCUT2D eigenvalue weighted by molar-refractivity contribution is 0.139. The van der Waals surface area contributed by atoms with E-state index in [2.05, 4.69) is 18.7 Å². The maximum atomic E-state index is 9.83. The second kappa shape index (κ2) is 4.18. The molecule has 16 heavy (non-hydrogen) atoms. The van der Waals surface area contributed by atoms with E-state index in [1.807, 2.05) is 13.8 Å². The molecule has 1 heterocycles. The van der Waals surface area contributed by atoms with Gasteiger partial charge in [0.25, 0.3) is 0 Å². The van der Waals surface area contributed by atoms with E-state index < -0.39 is 4.93 Å². The minimum absolute atomic E-state index is 0.552. The molecule has 1 spiro atoms. The summed E-state index contributed by atoms with van der Waals surface area (Å²) in [4.78, 5) is 2.03. The minimum atomic E-state index is -0.552. The van der Waals surface area contributed by atoms with Crippen LogP contribution in [0, 0.1) is 5.41 Å². The van der Waals surface area contributed by atoms with E-state index >= 15 is 0 Å². The molecule has 2 nitrogen and oxygen atoms in total. The lowest BCUT2D eigenvalue weighted by Gasteiger charge is -2.35. The third kappa shape index (κ3) is 2.74. The Kier molecular flexibility index (Phi) is 3.32. The Balaban J connectivity index is 1.82. The second-order valence-electron chi connectivity index (χ2n) is 6.25. The average molecular weight is 243 g/mol. The van der Waals surface area contributed by atoms with Crippen molar-refractivity contribution in [3.8, 4) is 0 Å². The van der Waals surface area contributed by atoms with Crippen molar-refractivity contribution in [1.82, 2.24) is 4.90 Å². The zero-order chi connectivity index (χ0) is 12.0. The van der Waals surface area contributed by atoms with Crippen molar-refractivity contribution in [2.45, 2.75) is 63.2 Å². The van der Waals surface area contributed by atoms with Crippen molar-refractivity contribution in [2.24, 2.45) is 5.41 Å². The molecule has 0 aromatic rings. The predicted octanol–water partition coefficient (Wildman–Crippen LogP) is 2.71. The zero-order valence-electron chi connectivity index (χ0n) is 11.0. The average Bonchev–Trinajstić information content (AvgIpc) is 2.75. The van der Waals surface area contributed by atoms with Crippen LogP contribution in [0.5, 0.6) is 0 Å². The third-order valence-electron chi connectivity index (χ3n) is 4.07. The van der Waals surface area contributed by atoms with Gasteiger partial charge in [-0.2, -0.15) is 0 Å². The Hall–Kier alpha value is 0.270. The normalized spacial score (nSPS) is 30.0. The van der Waals surface area contributed by atoms with Crippen molar-refractivity contribution in [2.75, 3.05) is 13.1 Å². The molecule has 0 amide bonds. The summed E-state index contributed by atoms with van der Waals surface area (Å²) in [6.07, 6.45) is 3.99. The van der Waals surface area contributed by atoms with E-state index in [4.69, 9.17) is 0 Å². The number of hydrogen-bond acceptors (Lipinski definition) is 3. The molecule has 1 N–H and O–H groups in total. The third-order valence-corrected chi connectivity index (χ3v) is 5.60. The highest BCUT2D eigenvalue weighted by Gasteiger charge is 2.56. The van der Waals surface area contributed by atoms with Crippen molar-refractivity contribution in [3.63, 3.8) is 0 Å². The van der Waals surface area contributed by atoms with Crippen molar-refractivity contribution in [3.05, 3.63) is 0 Å². The van der Waals surface area contributed by atoms with Crippen LogP contribution in [-0.4, -0.2) is 39.3 Å². The molecule has 1 aliphatic heterocycles. The maximum Gasteiger partial charge on any atom is 0.105 e. The van der Waals surface area contributed by atoms with Crippen LogP contribution in [0.2, 0.25) is 0 Å². The summed E-state index contributed by atoms with van der Waals surface area (Å²) in [5, 5.41) is 10.5. The Morgan fingerprint density at radius 2 is 1.88 bits per heavy atom. The van der Waals surface area contributed by atoms with E-state index in [0.29, 0.717) is 16.7 Å². The van der Waals surface area contributed by atoms with E-state index in [9.17, 15) is 5.11 Å². The highest BCUT2D eigenvalue weighted by Crippen LogP contribution is 2.61. The van der Waals surface area contributed by atoms with Crippen LogP contribution in [-0.2, 0) is 0 Å². The molecule has 0 bridgehead atoms. The van der Waals surface area contributed by atoms with Crippen molar-refractivity contribution in [1.29, 1.82) is 0 Å². The number of aliphatic hydroxyl groups is 1. The van der Waals surface area contributed by atoms with Gasteiger partial charge >= 0.3 is 0 Å². The first-order valence-corrected chi connectivity index (χ1v) is 7.35. The summed E-state index contributed by atoms with van der Waals surface area (Å²) in [6.45, 7) is 10.9. The zero-order valence-corrected chi connectivity index (χ0v) is 11.8. The highest BCUT2D eigenvalue weighted by atomic mass is 32.2. The Morgan fingerprint density at radius 3 is 2.31 bits per heavy atom. The minimum Gasteiger partial charge on any atom is -0.380 e. The molecule has 3 heteroatoms. The van der Waals surface area contributed by atoms with Crippen LogP contribution in [0.4, 0.5) is 0 Å². The molecule has 1 unspecified atom stereocenters. The van der Waals surface area contributed by atoms with Gasteiger partial charge in [-0.1, -0.05) is 0 Å². The second-order valence-corrected chi connectivity index (χ2v) is 8.05. The van der Waals surface area contributed by atoms with Crippen LogP contribution >= 0.6 is 11.8 Å². The first kappa shape index (κ1) is 12.7. The SMILES string of the molecule is CC(C)N1CCC2(CC1)CC2SC(C)(C)O. The first-order chi connectivity index (χ1) is 7.32. The number of thioether (sulfide) groups is 1. The number of likely N-dealkylation sites (tertiary alicyclic amines) is 1. The van der Waals surface area contributed by atoms with Crippen LogP contribution < -0.4 is 0 Å². The quantitative estimate of drug-likeness (QED) is 0.771. The molecule has 2 aliphatic rings. The smallest absolute Gasteiger partial charge is 0.105 e. The summed E-state index contributed by atoms with van der Waals surface area (Å²) in [5.41, 5.74) is 0.579. The van der Waals surface area contributed by atoms with Crippen molar-refractivity contribution >= 4 is 11.8 Å². The molecular weight excluding hydrogens is 218 g/mol. The summed E-state index contributed by atoms with van der Waals surface area (Å²) < 4.78 is 0. The number of hydrogen-bond donors (Lipinski definition) is 1. The Bertz CT molecular complexity index is 251. The van der Waals surface area contributed by atoms with Gasteiger partial charge < -0.3 is 10.0 Å². The highest BCUT2D eigenvalue weighted by molar-refractivity contribution is 8.01. The van der Waals surface area contributed by atoms with Gasteiger partial charge in [0.1, 0.15) is 4.93 Å².